The lowest BCUT2D eigenvalue weighted by atomic mass is 10.1. The summed E-state index contributed by atoms with van der Waals surface area (Å²) < 4.78 is 5.00. The summed E-state index contributed by atoms with van der Waals surface area (Å²) in [5.41, 5.74) is 2.50. The summed E-state index contributed by atoms with van der Waals surface area (Å²) in [4.78, 5) is 0. The van der Waals surface area contributed by atoms with Crippen molar-refractivity contribution >= 4 is 0 Å². The van der Waals surface area contributed by atoms with E-state index in [1.54, 1.807) is 7.11 Å². The third kappa shape index (κ3) is 6.44. The Morgan fingerprint density at radius 2 is 2.07 bits per heavy atom. The number of rotatable bonds is 6. The zero-order valence-electron chi connectivity index (χ0n) is 9.42. The van der Waals surface area contributed by atoms with E-state index in [9.17, 15) is 0 Å². The molecule has 0 aliphatic heterocycles. The minimum absolute atomic E-state index is 0.691. The van der Waals surface area contributed by atoms with Crippen LogP contribution in [0.4, 0.5) is 0 Å². The highest BCUT2D eigenvalue weighted by Crippen LogP contribution is 2.03. The first kappa shape index (κ1) is 12.9. The molecule has 0 rings (SSSR count). The van der Waals surface area contributed by atoms with Gasteiger partial charge in [0, 0.05) is 7.11 Å². The molecule has 0 unspecified atom stereocenters. The Morgan fingerprint density at radius 3 is 2.57 bits per heavy atom. The molecular formula is C13H20O. The van der Waals surface area contributed by atoms with Gasteiger partial charge >= 0.3 is 0 Å². The van der Waals surface area contributed by atoms with Crippen LogP contribution in [0.5, 0.6) is 0 Å². The van der Waals surface area contributed by atoms with Crippen molar-refractivity contribution < 1.29 is 4.74 Å². The van der Waals surface area contributed by atoms with Gasteiger partial charge in [-0.3, -0.25) is 0 Å². The van der Waals surface area contributed by atoms with E-state index < -0.39 is 0 Å². The topological polar surface area (TPSA) is 9.23 Å². The summed E-state index contributed by atoms with van der Waals surface area (Å²) in [6, 6.07) is 0. The Hall–Kier alpha value is -1.08. The van der Waals surface area contributed by atoms with Crippen LogP contribution < -0.4 is 0 Å². The van der Waals surface area contributed by atoms with Gasteiger partial charge in [0.05, 0.1) is 6.61 Å². The summed E-state index contributed by atoms with van der Waals surface area (Å²) in [5, 5.41) is 0. The fourth-order valence-electron chi connectivity index (χ4n) is 1.05. The second kappa shape index (κ2) is 8.52. The molecule has 0 amide bonds. The largest absolute Gasteiger partial charge is 0.380 e. The quantitative estimate of drug-likeness (QED) is 0.584. The van der Waals surface area contributed by atoms with E-state index in [4.69, 9.17) is 4.74 Å². The van der Waals surface area contributed by atoms with Crippen molar-refractivity contribution in [2.75, 3.05) is 13.7 Å². The van der Waals surface area contributed by atoms with Gasteiger partial charge in [0.2, 0.25) is 0 Å². The van der Waals surface area contributed by atoms with Crippen LogP contribution in [0.3, 0.4) is 0 Å². The summed E-state index contributed by atoms with van der Waals surface area (Å²) in [6.07, 6.45) is 11.1. The summed E-state index contributed by atoms with van der Waals surface area (Å²) in [7, 11) is 1.70. The second-order valence-electron chi connectivity index (χ2n) is 3.14. The van der Waals surface area contributed by atoms with Crippen LogP contribution >= 0.6 is 0 Å². The highest BCUT2D eigenvalue weighted by Gasteiger charge is 1.85. The SMILES string of the molecule is C=C\C=C(/C=C\C=C(/C)COC)CC. The van der Waals surface area contributed by atoms with Gasteiger partial charge in [0.25, 0.3) is 0 Å². The van der Waals surface area contributed by atoms with Crippen molar-refractivity contribution in [2.24, 2.45) is 0 Å². The molecule has 0 N–H and O–H groups in total. The van der Waals surface area contributed by atoms with E-state index in [1.165, 1.54) is 11.1 Å². The van der Waals surface area contributed by atoms with Crippen molar-refractivity contribution in [3.8, 4) is 0 Å². The van der Waals surface area contributed by atoms with Crippen LogP contribution in [0.15, 0.2) is 48.1 Å². The summed E-state index contributed by atoms with van der Waals surface area (Å²) >= 11 is 0. The highest BCUT2D eigenvalue weighted by molar-refractivity contribution is 5.26. The van der Waals surface area contributed by atoms with Crippen LogP contribution in [-0.2, 0) is 4.74 Å². The Balaban J connectivity index is 4.21. The molecule has 0 aromatic rings. The van der Waals surface area contributed by atoms with E-state index in [0.29, 0.717) is 6.61 Å². The number of allylic oxidation sites excluding steroid dienone is 6. The normalized spacial score (nSPS) is 13.6. The van der Waals surface area contributed by atoms with Crippen LogP contribution in [0.2, 0.25) is 0 Å². The Labute approximate surface area is 87.5 Å². The fraction of sp³-hybridized carbons (Fsp3) is 0.385. The lowest BCUT2D eigenvalue weighted by Crippen LogP contribution is -1.88. The number of hydrogen-bond acceptors (Lipinski definition) is 1. The van der Waals surface area contributed by atoms with E-state index in [2.05, 4.69) is 32.6 Å². The third-order valence-electron chi connectivity index (χ3n) is 1.80. The van der Waals surface area contributed by atoms with Crippen molar-refractivity contribution in [3.63, 3.8) is 0 Å². The molecule has 0 aliphatic rings. The number of hydrogen-bond donors (Lipinski definition) is 0. The maximum absolute atomic E-state index is 5.00. The molecule has 0 heterocycles. The van der Waals surface area contributed by atoms with Crippen molar-refractivity contribution in [2.45, 2.75) is 20.3 Å². The molecule has 0 aromatic heterocycles. The predicted octanol–water partition coefficient (Wildman–Crippen LogP) is 3.66. The van der Waals surface area contributed by atoms with Crippen molar-refractivity contribution in [1.29, 1.82) is 0 Å². The second-order valence-corrected chi connectivity index (χ2v) is 3.14. The highest BCUT2D eigenvalue weighted by atomic mass is 16.5. The number of ether oxygens (including phenoxy) is 1. The maximum Gasteiger partial charge on any atom is 0.0673 e. The minimum Gasteiger partial charge on any atom is -0.380 e. The minimum atomic E-state index is 0.691. The van der Waals surface area contributed by atoms with Gasteiger partial charge in [-0.15, -0.1) is 0 Å². The lowest BCUT2D eigenvalue weighted by molar-refractivity contribution is 0.226. The molecule has 0 fully saturated rings. The van der Waals surface area contributed by atoms with Gasteiger partial charge in [0.1, 0.15) is 0 Å². The molecule has 0 radical (unpaired) electrons. The van der Waals surface area contributed by atoms with E-state index >= 15 is 0 Å². The van der Waals surface area contributed by atoms with Gasteiger partial charge in [-0.05, 0) is 24.5 Å². The monoisotopic (exact) mass is 192 g/mol. The molecule has 0 atom stereocenters. The van der Waals surface area contributed by atoms with E-state index in [1.807, 2.05) is 18.2 Å². The third-order valence-corrected chi connectivity index (χ3v) is 1.80. The predicted molar refractivity (Wildman–Crippen MR) is 63.3 cm³/mol. The van der Waals surface area contributed by atoms with Crippen LogP contribution in [0.25, 0.3) is 0 Å². The molecule has 0 saturated heterocycles. The smallest absolute Gasteiger partial charge is 0.0673 e. The molecule has 0 saturated carbocycles. The molecule has 1 nitrogen and oxygen atoms in total. The molecule has 0 aliphatic carbocycles. The van der Waals surface area contributed by atoms with Crippen LogP contribution in [0.1, 0.15) is 20.3 Å². The van der Waals surface area contributed by atoms with Gasteiger partial charge in [-0.2, -0.15) is 0 Å². The standard InChI is InChI=1S/C13H20O/c1-5-8-13(6-2)10-7-9-12(3)11-14-4/h5,7-10H,1,6,11H2,2-4H3/b10-7-,12-9+,13-8-. The maximum atomic E-state index is 5.00. The molecule has 0 aromatic carbocycles. The molecule has 1 heteroatoms. The molecular weight excluding hydrogens is 172 g/mol. The average molecular weight is 192 g/mol. The lowest BCUT2D eigenvalue weighted by Gasteiger charge is -1.96. The van der Waals surface area contributed by atoms with E-state index in [0.717, 1.165) is 6.42 Å². The van der Waals surface area contributed by atoms with E-state index in [-0.39, 0.29) is 0 Å². The average Bonchev–Trinajstić information content (AvgIpc) is 2.17. The summed E-state index contributed by atoms with van der Waals surface area (Å²) in [5.74, 6) is 0. The Morgan fingerprint density at radius 1 is 1.36 bits per heavy atom. The zero-order valence-corrected chi connectivity index (χ0v) is 9.42. The zero-order chi connectivity index (χ0) is 10.8. The molecule has 14 heavy (non-hydrogen) atoms. The van der Waals surface area contributed by atoms with Crippen molar-refractivity contribution in [3.05, 3.63) is 48.1 Å². The molecule has 0 bridgehead atoms. The van der Waals surface area contributed by atoms with Gasteiger partial charge in [-0.25, -0.2) is 0 Å². The van der Waals surface area contributed by atoms with Crippen LogP contribution in [-0.4, -0.2) is 13.7 Å². The van der Waals surface area contributed by atoms with Crippen molar-refractivity contribution in [1.82, 2.24) is 0 Å². The first-order valence-electron chi connectivity index (χ1n) is 4.89. The molecule has 0 spiro atoms. The van der Waals surface area contributed by atoms with Gasteiger partial charge in [0.15, 0.2) is 0 Å². The van der Waals surface area contributed by atoms with Gasteiger partial charge in [-0.1, -0.05) is 43.9 Å². The van der Waals surface area contributed by atoms with Crippen LogP contribution in [0, 0.1) is 0 Å². The summed E-state index contributed by atoms with van der Waals surface area (Å²) in [6.45, 7) is 8.55. The number of methoxy groups -OCH3 is 1. The first-order valence-corrected chi connectivity index (χ1v) is 4.89. The Kier molecular flexibility index (Phi) is 7.86. The fourth-order valence-corrected chi connectivity index (χ4v) is 1.05. The van der Waals surface area contributed by atoms with Gasteiger partial charge < -0.3 is 4.74 Å². The Bertz CT molecular complexity index is 244. The molecule has 78 valence electrons. The first-order chi connectivity index (χ1) is 6.74.